The molecule has 0 fully saturated rings. The van der Waals surface area contributed by atoms with Crippen LogP contribution in [0.25, 0.3) is 0 Å². The molecular weight excluding hydrogens is 340 g/mol. The van der Waals surface area contributed by atoms with Crippen LogP contribution in [0.5, 0.6) is 11.5 Å². The van der Waals surface area contributed by atoms with Crippen molar-refractivity contribution in [2.45, 2.75) is 40.3 Å². The van der Waals surface area contributed by atoms with Gasteiger partial charge in [0, 0.05) is 12.2 Å². The van der Waals surface area contributed by atoms with Crippen molar-refractivity contribution in [1.29, 1.82) is 0 Å². The average Bonchev–Trinajstić information content (AvgIpc) is 2.62. The molecule has 0 saturated heterocycles. The second kappa shape index (κ2) is 10.6. The molecule has 0 bridgehead atoms. The van der Waals surface area contributed by atoms with Gasteiger partial charge >= 0.3 is 0 Å². The van der Waals surface area contributed by atoms with Crippen LogP contribution in [0, 0.1) is 5.92 Å². The van der Waals surface area contributed by atoms with Crippen LogP contribution in [0.3, 0.4) is 0 Å². The summed E-state index contributed by atoms with van der Waals surface area (Å²) in [4.78, 5) is 12.1. The molecule has 0 radical (unpaired) electrons. The van der Waals surface area contributed by atoms with Crippen molar-refractivity contribution in [2.75, 3.05) is 18.5 Å². The first kappa shape index (κ1) is 20.8. The third kappa shape index (κ3) is 8.13. The van der Waals surface area contributed by atoms with Crippen molar-refractivity contribution in [3.63, 3.8) is 0 Å². The van der Waals surface area contributed by atoms with Crippen LogP contribution in [0.2, 0.25) is 0 Å². The minimum Gasteiger partial charge on any atom is -0.493 e. The van der Waals surface area contributed by atoms with E-state index in [0.717, 1.165) is 22.7 Å². The Labute approximate surface area is 162 Å². The fraction of sp³-hybridized carbons (Fsp3) is 0.409. The van der Waals surface area contributed by atoms with Gasteiger partial charge in [-0.15, -0.1) is 0 Å². The molecular formula is C22H30N2O3. The Morgan fingerprint density at radius 2 is 1.56 bits per heavy atom. The van der Waals surface area contributed by atoms with Crippen molar-refractivity contribution >= 4 is 11.6 Å². The Morgan fingerprint density at radius 1 is 0.926 bits per heavy atom. The highest BCUT2D eigenvalue weighted by atomic mass is 16.5. The highest BCUT2D eigenvalue weighted by Gasteiger charge is 2.04. The molecule has 0 aliphatic heterocycles. The summed E-state index contributed by atoms with van der Waals surface area (Å²) in [5, 5.41) is 6.02. The van der Waals surface area contributed by atoms with E-state index in [1.807, 2.05) is 62.4 Å². The largest absolute Gasteiger partial charge is 0.493 e. The maximum atomic E-state index is 12.1. The lowest BCUT2D eigenvalue weighted by molar-refractivity contribution is -0.115. The first-order chi connectivity index (χ1) is 12.9. The lowest BCUT2D eigenvalue weighted by Crippen LogP contribution is -2.27. The molecule has 0 aliphatic rings. The van der Waals surface area contributed by atoms with Gasteiger partial charge < -0.3 is 20.1 Å². The van der Waals surface area contributed by atoms with Crippen LogP contribution < -0.4 is 20.1 Å². The lowest BCUT2D eigenvalue weighted by Gasteiger charge is -2.11. The van der Waals surface area contributed by atoms with Crippen LogP contribution >= 0.6 is 0 Å². The molecule has 0 atom stereocenters. The van der Waals surface area contributed by atoms with E-state index in [-0.39, 0.29) is 18.6 Å². The van der Waals surface area contributed by atoms with E-state index in [2.05, 4.69) is 24.5 Å². The van der Waals surface area contributed by atoms with Crippen molar-refractivity contribution < 1.29 is 14.3 Å². The number of anilines is 1. The number of carbonyl (C=O) groups excluding carboxylic acids is 1. The van der Waals surface area contributed by atoms with Gasteiger partial charge in [0.15, 0.2) is 0 Å². The van der Waals surface area contributed by atoms with E-state index in [1.165, 1.54) is 0 Å². The first-order valence-electron chi connectivity index (χ1n) is 9.41. The second-order valence-electron chi connectivity index (χ2n) is 7.19. The molecule has 0 aliphatic carbocycles. The first-order valence-corrected chi connectivity index (χ1v) is 9.41. The highest BCUT2D eigenvalue weighted by molar-refractivity contribution is 5.92. The van der Waals surface area contributed by atoms with Crippen LogP contribution in [-0.4, -0.2) is 25.2 Å². The standard InChI is InChI=1S/C22H30N2O3/c1-16(2)15-26-20-11-7-19(8-12-20)24-22(25)14-23-13-18-5-9-21(10-6-18)27-17(3)4/h5-12,16-17,23H,13-15H2,1-4H3,(H,24,25). The lowest BCUT2D eigenvalue weighted by atomic mass is 10.2. The Bertz CT molecular complexity index is 695. The highest BCUT2D eigenvalue weighted by Crippen LogP contribution is 2.16. The fourth-order valence-corrected chi connectivity index (χ4v) is 2.38. The van der Waals surface area contributed by atoms with E-state index in [9.17, 15) is 4.79 Å². The molecule has 0 heterocycles. The van der Waals surface area contributed by atoms with Crippen molar-refractivity contribution in [2.24, 2.45) is 5.92 Å². The van der Waals surface area contributed by atoms with Crippen molar-refractivity contribution in [3.8, 4) is 11.5 Å². The maximum absolute atomic E-state index is 12.1. The van der Waals surface area contributed by atoms with Gasteiger partial charge in [-0.3, -0.25) is 4.79 Å². The van der Waals surface area contributed by atoms with E-state index in [1.54, 1.807) is 0 Å². The number of amides is 1. The molecule has 2 aromatic carbocycles. The molecule has 0 spiro atoms. The molecule has 146 valence electrons. The number of ether oxygens (including phenoxy) is 2. The Hall–Kier alpha value is -2.53. The van der Waals surface area contributed by atoms with Crippen molar-refractivity contribution in [3.05, 3.63) is 54.1 Å². The summed E-state index contributed by atoms with van der Waals surface area (Å²) in [6, 6.07) is 15.3. The van der Waals surface area contributed by atoms with E-state index < -0.39 is 0 Å². The topological polar surface area (TPSA) is 59.6 Å². The summed E-state index contributed by atoms with van der Waals surface area (Å²) < 4.78 is 11.3. The number of nitrogens with one attached hydrogen (secondary N) is 2. The summed E-state index contributed by atoms with van der Waals surface area (Å²) in [5.74, 6) is 2.07. The molecule has 1 amide bonds. The smallest absolute Gasteiger partial charge is 0.238 e. The van der Waals surface area contributed by atoms with Crippen LogP contribution in [0.15, 0.2) is 48.5 Å². The van der Waals surface area contributed by atoms with Crippen molar-refractivity contribution in [1.82, 2.24) is 5.32 Å². The molecule has 2 N–H and O–H groups in total. The fourth-order valence-electron chi connectivity index (χ4n) is 2.38. The Kier molecular flexibility index (Phi) is 8.14. The van der Waals surface area contributed by atoms with Gasteiger partial charge in [0.2, 0.25) is 5.91 Å². The third-order valence-electron chi connectivity index (χ3n) is 3.63. The molecule has 5 heteroatoms. The molecule has 0 aromatic heterocycles. The predicted octanol–water partition coefficient (Wildman–Crippen LogP) is 4.24. The normalized spacial score (nSPS) is 10.9. The SMILES string of the molecule is CC(C)COc1ccc(NC(=O)CNCc2ccc(OC(C)C)cc2)cc1. The third-order valence-corrected chi connectivity index (χ3v) is 3.63. The monoisotopic (exact) mass is 370 g/mol. The molecule has 5 nitrogen and oxygen atoms in total. The predicted molar refractivity (Wildman–Crippen MR) is 109 cm³/mol. The van der Waals surface area contributed by atoms with E-state index in [4.69, 9.17) is 9.47 Å². The summed E-state index contributed by atoms with van der Waals surface area (Å²) >= 11 is 0. The Balaban J connectivity index is 1.71. The summed E-state index contributed by atoms with van der Waals surface area (Å²) in [6.45, 7) is 9.76. The van der Waals surface area contributed by atoms with Crippen LogP contribution in [-0.2, 0) is 11.3 Å². The number of hydrogen-bond donors (Lipinski definition) is 2. The minimum absolute atomic E-state index is 0.0781. The van der Waals surface area contributed by atoms with Gasteiger partial charge in [-0.25, -0.2) is 0 Å². The number of carbonyl (C=O) groups is 1. The molecule has 0 saturated carbocycles. The average molecular weight is 370 g/mol. The quantitative estimate of drug-likeness (QED) is 0.657. The minimum atomic E-state index is -0.0781. The number of benzene rings is 2. The van der Waals surface area contributed by atoms with Gasteiger partial charge in [0.25, 0.3) is 0 Å². The van der Waals surface area contributed by atoms with Gasteiger partial charge in [-0.1, -0.05) is 26.0 Å². The van der Waals surface area contributed by atoms with Crippen LogP contribution in [0.1, 0.15) is 33.3 Å². The van der Waals surface area contributed by atoms with Gasteiger partial charge in [0.1, 0.15) is 11.5 Å². The summed E-state index contributed by atoms with van der Waals surface area (Å²) in [7, 11) is 0. The molecule has 2 rings (SSSR count). The van der Waals surface area contributed by atoms with Gasteiger partial charge in [0.05, 0.1) is 19.3 Å². The van der Waals surface area contributed by atoms with Gasteiger partial charge in [-0.05, 0) is 61.7 Å². The molecule has 0 unspecified atom stereocenters. The van der Waals surface area contributed by atoms with E-state index in [0.29, 0.717) is 19.1 Å². The Morgan fingerprint density at radius 3 is 2.15 bits per heavy atom. The van der Waals surface area contributed by atoms with E-state index >= 15 is 0 Å². The molecule has 27 heavy (non-hydrogen) atoms. The second-order valence-corrected chi connectivity index (χ2v) is 7.19. The summed E-state index contributed by atoms with van der Waals surface area (Å²) in [6.07, 6.45) is 0.161. The molecule has 2 aromatic rings. The van der Waals surface area contributed by atoms with Crippen LogP contribution in [0.4, 0.5) is 5.69 Å². The zero-order chi connectivity index (χ0) is 19.6. The number of rotatable bonds is 10. The zero-order valence-electron chi connectivity index (χ0n) is 16.6. The summed E-state index contributed by atoms with van der Waals surface area (Å²) in [5.41, 5.74) is 1.86. The number of hydrogen-bond acceptors (Lipinski definition) is 4. The zero-order valence-corrected chi connectivity index (χ0v) is 16.6. The van der Waals surface area contributed by atoms with Gasteiger partial charge in [-0.2, -0.15) is 0 Å². The maximum Gasteiger partial charge on any atom is 0.238 e.